The minimum absolute atomic E-state index is 0.0436. The number of rotatable bonds is 2. The van der Waals surface area contributed by atoms with Gasteiger partial charge in [0.25, 0.3) is 5.91 Å². The van der Waals surface area contributed by atoms with Gasteiger partial charge in [-0.2, -0.15) is 0 Å². The van der Waals surface area contributed by atoms with Gasteiger partial charge >= 0.3 is 0 Å². The topological polar surface area (TPSA) is 29.5 Å². The number of halogens is 3. The van der Waals surface area contributed by atoms with Gasteiger partial charge in [0.2, 0.25) is 0 Å². The van der Waals surface area contributed by atoms with Crippen LogP contribution in [0.2, 0.25) is 0 Å². The molecular weight excluding hydrogens is 430 g/mol. The Labute approximate surface area is 131 Å². The standard InChI is InChI=1S/C12H12Br3NO2/c13-6-9-7-18-4-3-16(9)12(17)10-2-1-8(14)5-11(10)15/h1-2,5,9H,3-4,6-7H2. The molecule has 18 heavy (non-hydrogen) atoms. The second-order valence-corrected chi connectivity index (χ2v) is 6.42. The van der Waals surface area contributed by atoms with Gasteiger partial charge in [-0.1, -0.05) is 31.9 Å². The van der Waals surface area contributed by atoms with E-state index in [1.54, 1.807) is 0 Å². The van der Waals surface area contributed by atoms with E-state index < -0.39 is 0 Å². The van der Waals surface area contributed by atoms with Crippen molar-refractivity contribution in [3.63, 3.8) is 0 Å². The first kappa shape index (κ1) is 14.5. The lowest BCUT2D eigenvalue weighted by Gasteiger charge is -2.34. The van der Waals surface area contributed by atoms with Crippen LogP contribution in [0.3, 0.4) is 0 Å². The summed E-state index contributed by atoms with van der Waals surface area (Å²) < 4.78 is 7.15. The van der Waals surface area contributed by atoms with Crippen molar-refractivity contribution >= 4 is 53.7 Å². The Balaban J connectivity index is 2.24. The van der Waals surface area contributed by atoms with Crippen molar-refractivity contribution in [1.29, 1.82) is 0 Å². The van der Waals surface area contributed by atoms with E-state index >= 15 is 0 Å². The van der Waals surface area contributed by atoms with Crippen molar-refractivity contribution in [1.82, 2.24) is 4.90 Å². The van der Waals surface area contributed by atoms with E-state index in [1.807, 2.05) is 23.1 Å². The van der Waals surface area contributed by atoms with Crippen molar-refractivity contribution in [3.05, 3.63) is 32.7 Å². The zero-order valence-corrected chi connectivity index (χ0v) is 14.3. The van der Waals surface area contributed by atoms with E-state index in [0.29, 0.717) is 25.3 Å². The number of carbonyl (C=O) groups excluding carboxylic acids is 1. The number of carbonyl (C=O) groups is 1. The number of hydrogen-bond donors (Lipinski definition) is 0. The molecule has 98 valence electrons. The van der Waals surface area contributed by atoms with Gasteiger partial charge in [-0.05, 0) is 34.1 Å². The van der Waals surface area contributed by atoms with Crippen LogP contribution in [-0.4, -0.2) is 41.9 Å². The summed E-state index contributed by atoms with van der Waals surface area (Å²) in [5.41, 5.74) is 0.686. The molecule has 1 aromatic rings. The number of alkyl halides is 1. The van der Waals surface area contributed by atoms with Crippen molar-refractivity contribution in [2.75, 3.05) is 25.1 Å². The predicted octanol–water partition coefficient (Wildman–Crippen LogP) is 3.45. The van der Waals surface area contributed by atoms with Crippen molar-refractivity contribution in [2.45, 2.75) is 6.04 Å². The summed E-state index contributed by atoms with van der Waals surface area (Å²) in [6, 6.07) is 5.69. The Kier molecular flexibility index (Phi) is 5.24. The number of ether oxygens (including phenoxy) is 1. The third-order valence-corrected chi connectivity index (χ3v) is 4.72. The minimum atomic E-state index is 0.0436. The van der Waals surface area contributed by atoms with Gasteiger partial charge in [-0.15, -0.1) is 0 Å². The summed E-state index contributed by atoms with van der Waals surface area (Å²) in [6.45, 7) is 1.83. The van der Waals surface area contributed by atoms with Gasteiger partial charge in [0.05, 0.1) is 24.8 Å². The Morgan fingerprint density at radius 3 is 2.89 bits per heavy atom. The molecule has 0 aliphatic carbocycles. The first-order valence-corrected chi connectivity index (χ1v) is 8.24. The van der Waals surface area contributed by atoms with E-state index in [9.17, 15) is 4.79 Å². The first-order valence-electron chi connectivity index (χ1n) is 5.53. The molecule has 1 saturated heterocycles. The van der Waals surface area contributed by atoms with Gasteiger partial charge in [-0.25, -0.2) is 0 Å². The van der Waals surface area contributed by atoms with E-state index in [2.05, 4.69) is 47.8 Å². The predicted molar refractivity (Wildman–Crippen MR) is 81.3 cm³/mol. The molecule has 1 atom stereocenters. The summed E-state index contributed by atoms with van der Waals surface area (Å²) in [6.07, 6.45) is 0. The van der Waals surface area contributed by atoms with Crippen LogP contribution in [0.5, 0.6) is 0 Å². The molecule has 6 heteroatoms. The highest BCUT2D eigenvalue weighted by molar-refractivity contribution is 9.11. The van der Waals surface area contributed by atoms with Crippen LogP contribution in [0.15, 0.2) is 27.1 Å². The number of benzene rings is 1. The van der Waals surface area contributed by atoms with E-state index in [0.717, 1.165) is 14.3 Å². The van der Waals surface area contributed by atoms with Crippen LogP contribution in [0.4, 0.5) is 0 Å². The third kappa shape index (κ3) is 3.15. The smallest absolute Gasteiger partial charge is 0.255 e. The molecule has 0 radical (unpaired) electrons. The highest BCUT2D eigenvalue weighted by Gasteiger charge is 2.28. The summed E-state index contributed by atoms with van der Waals surface area (Å²) in [7, 11) is 0. The number of morpholine rings is 1. The molecule has 1 amide bonds. The molecule has 0 aromatic heterocycles. The van der Waals surface area contributed by atoms with Gasteiger partial charge in [0, 0.05) is 20.8 Å². The molecule has 2 rings (SSSR count). The lowest BCUT2D eigenvalue weighted by Crippen LogP contribution is -2.49. The Hall–Kier alpha value is 0.0900. The summed E-state index contributed by atoms with van der Waals surface area (Å²) in [5.74, 6) is 0.0436. The van der Waals surface area contributed by atoms with Crippen LogP contribution < -0.4 is 0 Å². The maximum atomic E-state index is 12.5. The fourth-order valence-electron chi connectivity index (χ4n) is 1.87. The van der Waals surface area contributed by atoms with Gasteiger partial charge in [0.1, 0.15) is 0 Å². The molecule has 1 fully saturated rings. The third-order valence-electron chi connectivity index (χ3n) is 2.83. The number of nitrogens with zero attached hydrogens (tertiary/aromatic N) is 1. The summed E-state index contributed by atoms with van der Waals surface area (Å²) in [4.78, 5) is 14.4. The molecule has 3 nitrogen and oxygen atoms in total. The van der Waals surface area contributed by atoms with Crippen LogP contribution in [0.25, 0.3) is 0 Å². The fraction of sp³-hybridized carbons (Fsp3) is 0.417. The molecule has 0 bridgehead atoms. The zero-order chi connectivity index (χ0) is 13.1. The monoisotopic (exact) mass is 439 g/mol. The normalized spacial score (nSPS) is 19.9. The van der Waals surface area contributed by atoms with E-state index in [1.165, 1.54) is 0 Å². The molecule has 0 saturated carbocycles. The highest BCUT2D eigenvalue weighted by Crippen LogP contribution is 2.24. The SMILES string of the molecule is O=C(c1ccc(Br)cc1Br)N1CCOCC1CBr. The summed E-state index contributed by atoms with van der Waals surface area (Å²) >= 11 is 10.2. The lowest BCUT2D eigenvalue weighted by atomic mass is 10.1. The van der Waals surface area contributed by atoms with E-state index in [-0.39, 0.29) is 11.9 Å². The first-order chi connectivity index (χ1) is 8.63. The van der Waals surface area contributed by atoms with Crippen molar-refractivity contribution < 1.29 is 9.53 Å². The Bertz CT molecular complexity index is 453. The molecule has 0 spiro atoms. The zero-order valence-electron chi connectivity index (χ0n) is 9.54. The van der Waals surface area contributed by atoms with Crippen LogP contribution in [0.1, 0.15) is 10.4 Å². The second-order valence-electron chi connectivity index (χ2n) is 4.01. The molecule has 1 heterocycles. The Morgan fingerprint density at radius 1 is 1.44 bits per heavy atom. The fourth-order valence-corrected chi connectivity index (χ4v) is 3.62. The largest absolute Gasteiger partial charge is 0.377 e. The second kappa shape index (κ2) is 6.50. The maximum Gasteiger partial charge on any atom is 0.255 e. The van der Waals surface area contributed by atoms with Gasteiger partial charge < -0.3 is 9.64 Å². The van der Waals surface area contributed by atoms with Crippen LogP contribution >= 0.6 is 47.8 Å². The van der Waals surface area contributed by atoms with Gasteiger partial charge in [-0.3, -0.25) is 4.79 Å². The molecule has 1 aliphatic heterocycles. The molecule has 1 aliphatic rings. The average molecular weight is 442 g/mol. The Morgan fingerprint density at radius 2 is 2.22 bits per heavy atom. The molecule has 0 N–H and O–H groups in total. The lowest BCUT2D eigenvalue weighted by molar-refractivity contribution is 0.00519. The van der Waals surface area contributed by atoms with Gasteiger partial charge in [0.15, 0.2) is 0 Å². The van der Waals surface area contributed by atoms with Crippen molar-refractivity contribution in [2.24, 2.45) is 0 Å². The van der Waals surface area contributed by atoms with Crippen LogP contribution in [0, 0.1) is 0 Å². The van der Waals surface area contributed by atoms with E-state index in [4.69, 9.17) is 4.74 Å². The maximum absolute atomic E-state index is 12.5. The average Bonchev–Trinajstić information content (AvgIpc) is 2.38. The molecular formula is C12H12Br3NO2. The van der Waals surface area contributed by atoms with Crippen LogP contribution in [-0.2, 0) is 4.74 Å². The molecule has 1 unspecified atom stereocenters. The quantitative estimate of drug-likeness (QED) is 0.658. The number of hydrogen-bond acceptors (Lipinski definition) is 2. The minimum Gasteiger partial charge on any atom is -0.377 e. The molecule has 1 aromatic carbocycles. The highest BCUT2D eigenvalue weighted by atomic mass is 79.9. The van der Waals surface area contributed by atoms with Crippen molar-refractivity contribution in [3.8, 4) is 0 Å². The summed E-state index contributed by atoms with van der Waals surface area (Å²) in [5, 5.41) is 0.729. The number of amides is 1.